The lowest BCUT2D eigenvalue weighted by molar-refractivity contribution is -0.954. The molecular formula is C8H10NO3+. The van der Waals surface area contributed by atoms with E-state index < -0.39 is 0 Å². The van der Waals surface area contributed by atoms with Gasteiger partial charge in [0, 0.05) is 6.08 Å². The average molecular weight is 168 g/mol. The molecule has 12 heavy (non-hydrogen) atoms. The molecule has 0 aliphatic heterocycles. The summed E-state index contributed by atoms with van der Waals surface area (Å²) in [6.07, 6.45) is 8.16. The number of methoxy groups -OCH3 is 1. The normalized spacial score (nSPS) is 18.4. The third kappa shape index (κ3) is 1.66. The van der Waals surface area contributed by atoms with Crippen molar-refractivity contribution in [3.63, 3.8) is 0 Å². The number of hydrogen-bond donors (Lipinski definition) is 2. The summed E-state index contributed by atoms with van der Waals surface area (Å²) in [6, 6.07) is 0. The van der Waals surface area contributed by atoms with Crippen LogP contribution in [0.4, 0.5) is 0 Å². The molecule has 0 heterocycles. The minimum absolute atomic E-state index is 0.0604. The van der Waals surface area contributed by atoms with E-state index in [0.717, 1.165) is 0 Å². The van der Waals surface area contributed by atoms with Crippen molar-refractivity contribution >= 4 is 5.71 Å². The number of hydrogen-bond acceptors (Lipinski definition) is 3. The summed E-state index contributed by atoms with van der Waals surface area (Å²) in [6.45, 7) is 0. The van der Waals surface area contributed by atoms with Gasteiger partial charge in [0.15, 0.2) is 0 Å². The first-order chi connectivity index (χ1) is 5.75. The Bertz CT molecular complexity index is 283. The number of rotatable bonds is 1. The lowest BCUT2D eigenvalue weighted by Crippen LogP contribution is -2.15. The standard InChI is InChI=1S/C8H10NO3/c1-12-6-7-4-2-3-5-8(7)9(10)11/h2-6,10-11H,1H3/q+1. The first kappa shape index (κ1) is 8.39. The third-order valence-corrected chi connectivity index (χ3v) is 1.40. The van der Waals surface area contributed by atoms with Crippen LogP contribution in [0.15, 0.2) is 36.1 Å². The maximum absolute atomic E-state index is 8.74. The Kier molecular flexibility index (Phi) is 2.53. The van der Waals surface area contributed by atoms with Crippen LogP contribution in [-0.4, -0.2) is 28.1 Å². The van der Waals surface area contributed by atoms with Crippen LogP contribution in [0.2, 0.25) is 0 Å². The Morgan fingerprint density at radius 2 is 2.00 bits per heavy atom. The lowest BCUT2D eigenvalue weighted by Gasteiger charge is -1.98. The van der Waals surface area contributed by atoms with Gasteiger partial charge in [-0.1, -0.05) is 12.2 Å². The summed E-state index contributed by atoms with van der Waals surface area (Å²) < 4.78 is 4.74. The van der Waals surface area contributed by atoms with Crippen LogP contribution >= 0.6 is 0 Å². The molecule has 0 amide bonds. The van der Waals surface area contributed by atoms with E-state index in [2.05, 4.69) is 0 Å². The van der Waals surface area contributed by atoms with Crippen molar-refractivity contribution in [3.05, 3.63) is 36.1 Å². The third-order valence-electron chi connectivity index (χ3n) is 1.40. The fraction of sp³-hybridized carbons (Fsp3) is 0.125. The molecule has 0 radical (unpaired) electrons. The molecule has 0 saturated heterocycles. The molecule has 0 atom stereocenters. The fourth-order valence-electron chi connectivity index (χ4n) is 0.896. The van der Waals surface area contributed by atoms with Crippen LogP contribution in [0.1, 0.15) is 0 Å². The quantitative estimate of drug-likeness (QED) is 0.347. The maximum Gasteiger partial charge on any atom is 0.321 e. The van der Waals surface area contributed by atoms with Gasteiger partial charge in [0.25, 0.3) is 0 Å². The van der Waals surface area contributed by atoms with Crippen LogP contribution in [0.25, 0.3) is 0 Å². The van der Waals surface area contributed by atoms with Crippen molar-refractivity contribution < 1.29 is 20.1 Å². The largest absolute Gasteiger partial charge is 0.503 e. The van der Waals surface area contributed by atoms with E-state index in [9.17, 15) is 0 Å². The van der Waals surface area contributed by atoms with Crippen LogP contribution in [-0.2, 0) is 4.74 Å². The second kappa shape index (κ2) is 3.61. The van der Waals surface area contributed by atoms with Gasteiger partial charge >= 0.3 is 5.71 Å². The zero-order valence-electron chi connectivity index (χ0n) is 6.64. The molecule has 0 unspecified atom stereocenters. The highest BCUT2D eigenvalue weighted by atomic mass is 16.8. The SMILES string of the molecule is COC=C1C=CC=CC1=[N+](O)O. The number of nitrogens with zero attached hydrogens (tertiary/aromatic N) is 1. The van der Waals surface area contributed by atoms with E-state index >= 15 is 0 Å². The highest BCUT2D eigenvalue weighted by molar-refractivity contribution is 6.07. The molecule has 0 fully saturated rings. The zero-order valence-corrected chi connectivity index (χ0v) is 6.64. The molecule has 0 saturated carbocycles. The molecule has 4 nitrogen and oxygen atoms in total. The Morgan fingerprint density at radius 1 is 1.33 bits per heavy atom. The van der Waals surface area contributed by atoms with E-state index in [0.29, 0.717) is 5.57 Å². The van der Waals surface area contributed by atoms with Gasteiger partial charge in [-0.05, 0) is 6.08 Å². The van der Waals surface area contributed by atoms with Crippen LogP contribution in [0.5, 0.6) is 0 Å². The molecule has 0 spiro atoms. The van der Waals surface area contributed by atoms with Gasteiger partial charge in [-0.25, -0.2) is 10.4 Å². The van der Waals surface area contributed by atoms with E-state index in [1.54, 1.807) is 24.3 Å². The van der Waals surface area contributed by atoms with Crippen molar-refractivity contribution in [2.24, 2.45) is 0 Å². The minimum atomic E-state index is 0.0604. The topological polar surface area (TPSA) is 52.7 Å². The molecule has 64 valence electrons. The first-order valence-corrected chi connectivity index (χ1v) is 3.38. The predicted molar refractivity (Wildman–Crippen MR) is 42.2 cm³/mol. The van der Waals surface area contributed by atoms with Gasteiger partial charge in [-0.2, -0.15) is 0 Å². The van der Waals surface area contributed by atoms with E-state index in [-0.39, 0.29) is 10.6 Å². The van der Waals surface area contributed by atoms with Gasteiger partial charge in [-0.3, -0.25) is 0 Å². The summed E-state index contributed by atoms with van der Waals surface area (Å²) in [5, 5.41) is 17.5. The summed E-state index contributed by atoms with van der Waals surface area (Å²) in [4.78, 5) is 0.0604. The fourth-order valence-corrected chi connectivity index (χ4v) is 0.896. The molecule has 0 bridgehead atoms. The Labute approximate surface area is 69.9 Å². The van der Waals surface area contributed by atoms with Gasteiger partial charge in [0.1, 0.15) is 0 Å². The zero-order chi connectivity index (χ0) is 8.97. The highest BCUT2D eigenvalue weighted by Gasteiger charge is 2.17. The predicted octanol–water partition coefficient (Wildman–Crippen LogP) is 0.875. The second-order valence-corrected chi connectivity index (χ2v) is 2.20. The highest BCUT2D eigenvalue weighted by Crippen LogP contribution is 2.06. The average Bonchev–Trinajstić information content (AvgIpc) is 2.05. The van der Waals surface area contributed by atoms with Crippen molar-refractivity contribution in [2.45, 2.75) is 0 Å². The molecule has 1 rings (SSSR count). The van der Waals surface area contributed by atoms with E-state index in [4.69, 9.17) is 15.2 Å². The minimum Gasteiger partial charge on any atom is -0.503 e. The summed E-state index contributed by atoms with van der Waals surface area (Å²) in [5.74, 6) is 0. The van der Waals surface area contributed by atoms with Crippen LogP contribution in [0.3, 0.4) is 0 Å². The van der Waals surface area contributed by atoms with E-state index in [1.807, 2.05) is 0 Å². The van der Waals surface area contributed by atoms with Gasteiger partial charge in [-0.15, -0.1) is 0 Å². The lowest BCUT2D eigenvalue weighted by atomic mass is 10.1. The van der Waals surface area contributed by atoms with E-state index in [1.165, 1.54) is 13.4 Å². The van der Waals surface area contributed by atoms with Crippen molar-refractivity contribution in [1.29, 1.82) is 0 Å². The van der Waals surface area contributed by atoms with Gasteiger partial charge in [0.2, 0.25) is 4.90 Å². The molecule has 2 N–H and O–H groups in total. The Balaban J connectivity index is 3.02. The second-order valence-electron chi connectivity index (χ2n) is 2.20. The summed E-state index contributed by atoms with van der Waals surface area (Å²) in [5.41, 5.74) is 0.879. The number of allylic oxidation sites excluding steroid dienone is 5. The Morgan fingerprint density at radius 3 is 2.58 bits per heavy atom. The van der Waals surface area contributed by atoms with Crippen LogP contribution in [0, 0.1) is 0 Å². The van der Waals surface area contributed by atoms with Crippen molar-refractivity contribution in [2.75, 3.05) is 7.11 Å². The van der Waals surface area contributed by atoms with Crippen LogP contribution < -0.4 is 0 Å². The molecular weight excluding hydrogens is 158 g/mol. The first-order valence-electron chi connectivity index (χ1n) is 3.38. The molecule has 1 aliphatic rings. The van der Waals surface area contributed by atoms with Crippen molar-refractivity contribution in [1.82, 2.24) is 0 Å². The summed E-state index contributed by atoms with van der Waals surface area (Å²) >= 11 is 0. The Hall–Kier alpha value is -1.71. The molecule has 1 aliphatic carbocycles. The monoisotopic (exact) mass is 168 g/mol. The van der Waals surface area contributed by atoms with Crippen molar-refractivity contribution in [3.8, 4) is 0 Å². The molecule has 0 aromatic rings. The number of ether oxygens (including phenoxy) is 1. The van der Waals surface area contributed by atoms with Gasteiger partial charge < -0.3 is 4.74 Å². The smallest absolute Gasteiger partial charge is 0.321 e. The molecule has 4 heteroatoms. The summed E-state index contributed by atoms with van der Waals surface area (Å²) in [7, 11) is 1.50. The maximum atomic E-state index is 8.74. The molecule has 0 aromatic heterocycles. The molecule has 0 aromatic carbocycles. The van der Waals surface area contributed by atoms with Gasteiger partial charge in [0.05, 0.1) is 18.9 Å².